The van der Waals surface area contributed by atoms with E-state index in [4.69, 9.17) is 5.73 Å². The van der Waals surface area contributed by atoms with Gasteiger partial charge < -0.3 is 11.1 Å². The van der Waals surface area contributed by atoms with Crippen LogP contribution in [0.3, 0.4) is 0 Å². The molecular formula is C14H20BrN3O. The lowest BCUT2D eigenvalue weighted by Gasteiger charge is -2.31. The first-order valence-electron chi connectivity index (χ1n) is 6.58. The predicted molar refractivity (Wildman–Crippen MR) is 80.6 cm³/mol. The first-order chi connectivity index (χ1) is 9.10. The topological polar surface area (TPSA) is 58.4 Å². The number of nitrogens with zero attached hydrogens (tertiary/aromatic N) is 1. The molecule has 0 unspecified atom stereocenters. The maximum Gasteiger partial charge on any atom is 0.222 e. The summed E-state index contributed by atoms with van der Waals surface area (Å²) in [6.07, 6.45) is 1.85. The molecule has 1 fully saturated rings. The van der Waals surface area contributed by atoms with E-state index in [2.05, 4.69) is 32.2 Å². The van der Waals surface area contributed by atoms with E-state index in [0.717, 1.165) is 48.2 Å². The van der Waals surface area contributed by atoms with Gasteiger partial charge >= 0.3 is 0 Å². The number of benzene rings is 1. The number of hydrogen-bond acceptors (Lipinski definition) is 3. The molecule has 0 radical (unpaired) electrons. The highest BCUT2D eigenvalue weighted by Crippen LogP contribution is 2.23. The zero-order valence-corrected chi connectivity index (χ0v) is 12.7. The average Bonchev–Trinajstić information content (AvgIpc) is 2.42. The number of carbonyl (C=O) groups is 1. The van der Waals surface area contributed by atoms with E-state index in [1.54, 1.807) is 7.05 Å². The summed E-state index contributed by atoms with van der Waals surface area (Å²) in [6.45, 7) is 2.76. The minimum atomic E-state index is 0.169. The van der Waals surface area contributed by atoms with Crippen LogP contribution < -0.4 is 11.1 Å². The smallest absolute Gasteiger partial charge is 0.222 e. The van der Waals surface area contributed by atoms with Gasteiger partial charge in [0.2, 0.25) is 5.91 Å². The fourth-order valence-electron chi connectivity index (χ4n) is 2.51. The summed E-state index contributed by atoms with van der Waals surface area (Å²) in [5.41, 5.74) is 7.99. The first kappa shape index (κ1) is 14.3. The van der Waals surface area contributed by atoms with Gasteiger partial charge in [0.05, 0.1) is 0 Å². The summed E-state index contributed by atoms with van der Waals surface area (Å²) in [7, 11) is 1.71. The summed E-state index contributed by atoms with van der Waals surface area (Å²) in [5.74, 6) is 0.339. The highest BCUT2D eigenvalue weighted by Gasteiger charge is 2.24. The number of hydrogen-bond donors (Lipinski definition) is 2. The van der Waals surface area contributed by atoms with Crippen LogP contribution in [-0.4, -0.2) is 30.9 Å². The fourth-order valence-corrected chi connectivity index (χ4v) is 2.89. The van der Waals surface area contributed by atoms with Gasteiger partial charge in [-0.1, -0.05) is 22.0 Å². The molecule has 0 atom stereocenters. The van der Waals surface area contributed by atoms with E-state index < -0.39 is 0 Å². The van der Waals surface area contributed by atoms with Crippen molar-refractivity contribution in [3.63, 3.8) is 0 Å². The van der Waals surface area contributed by atoms with Crippen molar-refractivity contribution in [1.82, 2.24) is 10.2 Å². The molecule has 2 rings (SSSR count). The molecule has 1 heterocycles. The SMILES string of the molecule is CNC(=O)C1CCN(Cc2ccc(Br)cc2N)CC1. The average molecular weight is 326 g/mol. The molecule has 3 N–H and O–H groups in total. The van der Waals surface area contributed by atoms with Crippen LogP contribution in [0.1, 0.15) is 18.4 Å². The molecule has 104 valence electrons. The Kier molecular flexibility index (Phi) is 4.82. The zero-order valence-electron chi connectivity index (χ0n) is 11.2. The lowest BCUT2D eigenvalue weighted by molar-refractivity contribution is -0.125. The number of nitrogens with two attached hydrogens (primary N) is 1. The van der Waals surface area contributed by atoms with Gasteiger partial charge in [0.15, 0.2) is 0 Å². The van der Waals surface area contributed by atoms with Gasteiger partial charge in [-0.25, -0.2) is 0 Å². The highest BCUT2D eigenvalue weighted by atomic mass is 79.9. The standard InChI is InChI=1S/C14H20BrN3O/c1-17-14(19)10-4-6-18(7-5-10)9-11-2-3-12(15)8-13(11)16/h2-3,8,10H,4-7,9,16H2,1H3,(H,17,19). The lowest BCUT2D eigenvalue weighted by atomic mass is 9.95. The monoisotopic (exact) mass is 325 g/mol. The van der Waals surface area contributed by atoms with Crippen molar-refractivity contribution < 1.29 is 4.79 Å². The van der Waals surface area contributed by atoms with Gasteiger partial charge in [-0.2, -0.15) is 0 Å². The molecule has 4 nitrogen and oxygen atoms in total. The number of anilines is 1. The van der Waals surface area contributed by atoms with E-state index in [1.807, 2.05) is 12.1 Å². The quantitative estimate of drug-likeness (QED) is 0.835. The van der Waals surface area contributed by atoms with Gasteiger partial charge in [0.25, 0.3) is 0 Å². The van der Waals surface area contributed by atoms with E-state index in [-0.39, 0.29) is 11.8 Å². The molecular weight excluding hydrogens is 306 g/mol. The van der Waals surface area contributed by atoms with Crippen LogP contribution in [0.4, 0.5) is 5.69 Å². The molecule has 1 aliphatic heterocycles. The minimum Gasteiger partial charge on any atom is -0.398 e. The zero-order chi connectivity index (χ0) is 13.8. The number of rotatable bonds is 3. The van der Waals surface area contributed by atoms with Gasteiger partial charge in [-0.05, 0) is 43.6 Å². The number of likely N-dealkylation sites (tertiary alicyclic amines) is 1. The number of halogens is 1. The molecule has 1 aromatic rings. The van der Waals surface area contributed by atoms with Crippen LogP contribution in [0, 0.1) is 5.92 Å². The molecule has 0 bridgehead atoms. The number of nitrogen functional groups attached to an aromatic ring is 1. The summed E-state index contributed by atoms with van der Waals surface area (Å²) in [6, 6.07) is 6.01. The van der Waals surface area contributed by atoms with E-state index in [0.29, 0.717) is 0 Å². The first-order valence-corrected chi connectivity index (χ1v) is 7.37. The second kappa shape index (κ2) is 6.39. The summed E-state index contributed by atoms with van der Waals surface area (Å²) in [5, 5.41) is 2.73. The van der Waals surface area contributed by atoms with E-state index >= 15 is 0 Å². The van der Waals surface area contributed by atoms with Gasteiger partial charge in [0, 0.05) is 29.7 Å². The lowest BCUT2D eigenvalue weighted by Crippen LogP contribution is -2.39. The highest BCUT2D eigenvalue weighted by molar-refractivity contribution is 9.10. The van der Waals surface area contributed by atoms with Crippen molar-refractivity contribution in [3.05, 3.63) is 28.2 Å². The van der Waals surface area contributed by atoms with Crippen molar-refractivity contribution in [2.24, 2.45) is 5.92 Å². The third-order valence-corrected chi connectivity index (χ3v) is 4.20. The Bertz CT molecular complexity index is 456. The van der Waals surface area contributed by atoms with Crippen molar-refractivity contribution >= 4 is 27.5 Å². The van der Waals surface area contributed by atoms with Crippen LogP contribution in [-0.2, 0) is 11.3 Å². The summed E-state index contributed by atoms with van der Waals surface area (Å²) < 4.78 is 1.01. The molecule has 0 saturated carbocycles. The molecule has 1 aliphatic rings. The Morgan fingerprint density at radius 3 is 2.74 bits per heavy atom. The Morgan fingerprint density at radius 2 is 2.16 bits per heavy atom. The molecule has 0 aliphatic carbocycles. The molecule has 1 amide bonds. The van der Waals surface area contributed by atoms with Crippen LogP contribution in [0.5, 0.6) is 0 Å². The normalized spacial score (nSPS) is 17.4. The van der Waals surface area contributed by atoms with Gasteiger partial charge in [-0.15, -0.1) is 0 Å². The molecule has 19 heavy (non-hydrogen) atoms. The molecule has 1 aromatic carbocycles. The number of amides is 1. The molecule has 0 aromatic heterocycles. The van der Waals surface area contributed by atoms with Crippen LogP contribution in [0.2, 0.25) is 0 Å². The maximum absolute atomic E-state index is 11.6. The van der Waals surface area contributed by atoms with Crippen molar-refractivity contribution in [1.29, 1.82) is 0 Å². The summed E-state index contributed by atoms with van der Waals surface area (Å²) >= 11 is 3.42. The van der Waals surface area contributed by atoms with Gasteiger partial charge in [-0.3, -0.25) is 9.69 Å². The van der Waals surface area contributed by atoms with Gasteiger partial charge in [0.1, 0.15) is 0 Å². The van der Waals surface area contributed by atoms with Crippen LogP contribution >= 0.6 is 15.9 Å². The molecule has 0 spiro atoms. The van der Waals surface area contributed by atoms with Crippen LogP contribution in [0.15, 0.2) is 22.7 Å². The van der Waals surface area contributed by atoms with E-state index in [9.17, 15) is 4.79 Å². The van der Waals surface area contributed by atoms with Crippen molar-refractivity contribution in [2.75, 3.05) is 25.9 Å². The third kappa shape index (κ3) is 3.70. The number of carbonyl (C=O) groups excluding carboxylic acids is 1. The Balaban J connectivity index is 1.90. The fraction of sp³-hybridized carbons (Fsp3) is 0.500. The third-order valence-electron chi connectivity index (χ3n) is 3.71. The van der Waals surface area contributed by atoms with Crippen molar-refractivity contribution in [2.45, 2.75) is 19.4 Å². The maximum atomic E-state index is 11.6. The molecule has 5 heteroatoms. The second-order valence-corrected chi connectivity index (χ2v) is 5.92. The Hall–Kier alpha value is -1.07. The van der Waals surface area contributed by atoms with Crippen LogP contribution in [0.25, 0.3) is 0 Å². The minimum absolute atomic E-state index is 0.169. The van der Waals surface area contributed by atoms with Crippen molar-refractivity contribution in [3.8, 4) is 0 Å². The number of nitrogens with one attached hydrogen (secondary N) is 1. The Morgan fingerprint density at radius 1 is 1.47 bits per heavy atom. The number of piperidine rings is 1. The Labute approximate surface area is 122 Å². The predicted octanol–water partition coefficient (Wildman–Crippen LogP) is 1.99. The largest absolute Gasteiger partial charge is 0.398 e. The second-order valence-electron chi connectivity index (χ2n) is 5.01. The summed E-state index contributed by atoms with van der Waals surface area (Å²) in [4.78, 5) is 13.9. The molecule has 1 saturated heterocycles. The van der Waals surface area contributed by atoms with E-state index in [1.165, 1.54) is 0 Å².